The zero-order valence-corrected chi connectivity index (χ0v) is 15.1. The summed E-state index contributed by atoms with van der Waals surface area (Å²) < 4.78 is 5.18. The number of aryl methyl sites for hydroxylation is 2. The van der Waals surface area contributed by atoms with E-state index in [1.54, 1.807) is 13.1 Å². The molecule has 1 heterocycles. The number of carbonyl (C=O) groups is 1. The number of halogens is 1. The van der Waals surface area contributed by atoms with Crippen LogP contribution in [0.25, 0.3) is 10.9 Å². The Hall–Kier alpha value is -2.59. The number of nitrogens with one attached hydrogen (secondary N) is 1. The lowest BCUT2D eigenvalue weighted by molar-refractivity contribution is 0.0527. The number of hydrogen-bond acceptors (Lipinski definition) is 4. The average Bonchev–Trinajstić information content (AvgIpc) is 2.60. The molecule has 0 saturated carbocycles. The van der Waals surface area contributed by atoms with Crippen LogP contribution in [0.2, 0.25) is 5.02 Å². The van der Waals surface area contributed by atoms with Crippen molar-refractivity contribution in [1.82, 2.24) is 4.98 Å². The van der Waals surface area contributed by atoms with Crippen molar-refractivity contribution >= 4 is 39.8 Å². The summed E-state index contributed by atoms with van der Waals surface area (Å²) >= 11 is 6.22. The van der Waals surface area contributed by atoms with Crippen molar-refractivity contribution in [1.29, 1.82) is 0 Å². The van der Waals surface area contributed by atoms with E-state index in [1.807, 2.05) is 50.2 Å². The number of carbonyl (C=O) groups excluding carboxylic acids is 1. The first-order valence-electron chi connectivity index (χ1n) is 8.10. The molecule has 25 heavy (non-hydrogen) atoms. The molecule has 0 atom stereocenters. The van der Waals surface area contributed by atoms with Crippen molar-refractivity contribution in [2.75, 3.05) is 11.9 Å². The lowest BCUT2D eigenvalue weighted by Gasteiger charge is -2.15. The fourth-order valence-corrected chi connectivity index (χ4v) is 2.81. The summed E-state index contributed by atoms with van der Waals surface area (Å²) in [7, 11) is 0. The molecule has 1 aromatic heterocycles. The highest BCUT2D eigenvalue weighted by atomic mass is 35.5. The van der Waals surface area contributed by atoms with Gasteiger partial charge in [0, 0.05) is 22.3 Å². The van der Waals surface area contributed by atoms with E-state index in [0.717, 1.165) is 22.2 Å². The smallest absolute Gasteiger partial charge is 0.341 e. The maximum Gasteiger partial charge on any atom is 0.341 e. The second kappa shape index (κ2) is 7.11. The quantitative estimate of drug-likeness (QED) is 0.635. The van der Waals surface area contributed by atoms with Gasteiger partial charge in [0.15, 0.2) is 0 Å². The molecule has 0 bridgehead atoms. The molecule has 0 radical (unpaired) electrons. The van der Waals surface area contributed by atoms with Crippen molar-refractivity contribution in [2.45, 2.75) is 20.8 Å². The number of nitrogens with zero attached hydrogens (tertiary/aromatic N) is 1. The normalized spacial score (nSPS) is 10.7. The minimum Gasteiger partial charge on any atom is -0.462 e. The van der Waals surface area contributed by atoms with Crippen molar-refractivity contribution in [3.8, 4) is 0 Å². The average molecular weight is 355 g/mol. The molecule has 3 rings (SSSR count). The first kappa shape index (κ1) is 17.2. The van der Waals surface area contributed by atoms with Crippen molar-refractivity contribution < 1.29 is 9.53 Å². The van der Waals surface area contributed by atoms with E-state index >= 15 is 0 Å². The van der Waals surface area contributed by atoms with Crippen LogP contribution < -0.4 is 5.32 Å². The Labute approximate surface area is 151 Å². The Bertz CT molecular complexity index is 937. The van der Waals surface area contributed by atoms with Gasteiger partial charge in [-0.05, 0) is 50.6 Å². The number of esters is 1. The third-order valence-electron chi connectivity index (χ3n) is 4.04. The number of rotatable bonds is 4. The monoisotopic (exact) mass is 354 g/mol. The molecule has 128 valence electrons. The molecule has 5 heteroatoms. The number of aromatic nitrogens is 1. The molecule has 0 fully saturated rings. The van der Waals surface area contributed by atoms with E-state index in [0.29, 0.717) is 22.9 Å². The molecule has 3 aromatic rings. The minimum absolute atomic E-state index is 0.306. The Morgan fingerprint density at radius 1 is 1.16 bits per heavy atom. The number of benzene rings is 2. The lowest BCUT2D eigenvalue weighted by atomic mass is 10.1. The van der Waals surface area contributed by atoms with E-state index in [1.165, 1.54) is 5.56 Å². The summed E-state index contributed by atoms with van der Waals surface area (Å²) in [6.45, 7) is 6.03. The Kier molecular flexibility index (Phi) is 4.91. The number of pyridine rings is 1. The fourth-order valence-electron chi connectivity index (χ4n) is 2.66. The highest BCUT2D eigenvalue weighted by molar-refractivity contribution is 6.32. The third kappa shape index (κ3) is 3.44. The van der Waals surface area contributed by atoms with Crippen molar-refractivity contribution in [3.63, 3.8) is 0 Å². The molecule has 0 aliphatic carbocycles. The molecule has 0 unspecified atom stereocenters. The molecule has 0 spiro atoms. The van der Waals surface area contributed by atoms with E-state index in [9.17, 15) is 4.79 Å². The van der Waals surface area contributed by atoms with Crippen LogP contribution in [0.4, 0.5) is 11.4 Å². The second-order valence-electron chi connectivity index (χ2n) is 5.83. The van der Waals surface area contributed by atoms with E-state index in [2.05, 4.69) is 10.3 Å². The van der Waals surface area contributed by atoms with Crippen LogP contribution in [-0.2, 0) is 4.74 Å². The highest BCUT2D eigenvalue weighted by Crippen LogP contribution is 2.33. The fraction of sp³-hybridized carbons (Fsp3) is 0.200. The maximum absolute atomic E-state index is 12.4. The lowest BCUT2D eigenvalue weighted by Crippen LogP contribution is -2.09. The maximum atomic E-state index is 12.4. The van der Waals surface area contributed by atoms with E-state index in [4.69, 9.17) is 16.3 Å². The zero-order chi connectivity index (χ0) is 18.0. The van der Waals surface area contributed by atoms with Gasteiger partial charge in [-0.25, -0.2) is 4.79 Å². The van der Waals surface area contributed by atoms with Crippen LogP contribution in [-0.4, -0.2) is 17.6 Å². The van der Waals surface area contributed by atoms with Gasteiger partial charge >= 0.3 is 5.97 Å². The molecule has 2 aromatic carbocycles. The van der Waals surface area contributed by atoms with Gasteiger partial charge < -0.3 is 10.1 Å². The highest BCUT2D eigenvalue weighted by Gasteiger charge is 2.18. The van der Waals surface area contributed by atoms with Crippen LogP contribution in [0.15, 0.2) is 42.6 Å². The largest absolute Gasteiger partial charge is 0.462 e. The van der Waals surface area contributed by atoms with Crippen LogP contribution in [0.1, 0.15) is 28.4 Å². The Morgan fingerprint density at radius 2 is 1.88 bits per heavy atom. The molecule has 0 saturated heterocycles. The molecule has 0 aliphatic rings. The predicted octanol–water partition coefficient (Wildman–Crippen LogP) is 5.43. The predicted molar refractivity (Wildman–Crippen MR) is 102 cm³/mol. The summed E-state index contributed by atoms with van der Waals surface area (Å²) in [5.74, 6) is -0.404. The molecule has 1 N–H and O–H groups in total. The van der Waals surface area contributed by atoms with Gasteiger partial charge in [-0.15, -0.1) is 0 Å². The number of ether oxygens (including phenoxy) is 1. The molecular formula is C20H19ClN2O2. The summed E-state index contributed by atoms with van der Waals surface area (Å²) in [6.07, 6.45) is 1.54. The van der Waals surface area contributed by atoms with Crippen LogP contribution >= 0.6 is 11.6 Å². The van der Waals surface area contributed by atoms with Gasteiger partial charge in [0.25, 0.3) is 0 Å². The topological polar surface area (TPSA) is 51.2 Å². The Balaban J connectivity index is 2.19. The van der Waals surface area contributed by atoms with Gasteiger partial charge in [-0.2, -0.15) is 0 Å². The van der Waals surface area contributed by atoms with Gasteiger partial charge in [0.05, 0.1) is 17.8 Å². The number of hydrogen-bond donors (Lipinski definition) is 1. The number of anilines is 2. The third-order valence-corrected chi connectivity index (χ3v) is 4.45. The first-order chi connectivity index (χ1) is 12.0. The molecule has 4 nitrogen and oxygen atoms in total. The summed E-state index contributed by atoms with van der Waals surface area (Å²) in [4.78, 5) is 16.8. The summed E-state index contributed by atoms with van der Waals surface area (Å²) in [5.41, 5.74) is 4.76. The molecule has 0 aliphatic heterocycles. The van der Waals surface area contributed by atoms with Gasteiger partial charge in [-0.1, -0.05) is 29.3 Å². The van der Waals surface area contributed by atoms with Crippen LogP contribution in [0.3, 0.4) is 0 Å². The zero-order valence-electron chi connectivity index (χ0n) is 14.4. The molecular weight excluding hydrogens is 336 g/mol. The SMILES string of the molecule is CCOC(=O)c1cnc2c(C)c(Cl)ccc2c1Nc1ccc(C)cc1. The summed E-state index contributed by atoms with van der Waals surface area (Å²) in [6, 6.07) is 11.7. The molecule has 0 amide bonds. The first-order valence-corrected chi connectivity index (χ1v) is 8.47. The van der Waals surface area contributed by atoms with Crippen LogP contribution in [0, 0.1) is 13.8 Å². The van der Waals surface area contributed by atoms with E-state index in [-0.39, 0.29) is 0 Å². The summed E-state index contributed by atoms with van der Waals surface area (Å²) in [5, 5.41) is 4.82. The number of fused-ring (bicyclic) bond motifs is 1. The van der Waals surface area contributed by atoms with Crippen molar-refractivity contribution in [2.24, 2.45) is 0 Å². The van der Waals surface area contributed by atoms with E-state index < -0.39 is 5.97 Å². The minimum atomic E-state index is -0.404. The Morgan fingerprint density at radius 3 is 2.56 bits per heavy atom. The van der Waals surface area contributed by atoms with Gasteiger partial charge in [-0.3, -0.25) is 4.98 Å². The second-order valence-corrected chi connectivity index (χ2v) is 6.23. The van der Waals surface area contributed by atoms with Gasteiger partial charge in [0.2, 0.25) is 0 Å². The van der Waals surface area contributed by atoms with Crippen LogP contribution in [0.5, 0.6) is 0 Å². The van der Waals surface area contributed by atoms with Crippen molar-refractivity contribution in [3.05, 3.63) is 64.3 Å². The van der Waals surface area contributed by atoms with Gasteiger partial charge in [0.1, 0.15) is 5.56 Å². The standard InChI is InChI=1S/C20H19ClN2O2/c1-4-25-20(24)16-11-22-18-13(3)17(21)10-9-15(18)19(16)23-14-7-5-12(2)6-8-14/h5-11H,4H2,1-3H3,(H,22,23).